The highest BCUT2D eigenvalue weighted by Crippen LogP contribution is 1.94. The van der Waals surface area contributed by atoms with Crippen molar-refractivity contribution in [2.45, 2.75) is 20.0 Å². The summed E-state index contributed by atoms with van der Waals surface area (Å²) in [5, 5.41) is 0. The van der Waals surface area contributed by atoms with Gasteiger partial charge in [0.2, 0.25) is 0 Å². The molecule has 0 aliphatic rings. The molecule has 0 aliphatic heterocycles. The van der Waals surface area contributed by atoms with E-state index in [1.165, 1.54) is 0 Å². The van der Waals surface area contributed by atoms with Gasteiger partial charge in [-0.3, -0.25) is 0 Å². The molecule has 0 heterocycles. The molecule has 0 aromatic rings. The molecule has 0 bridgehead atoms. The smallest absolute Gasteiger partial charge is 0.148 e. The van der Waals surface area contributed by atoms with Crippen molar-refractivity contribution in [3.63, 3.8) is 0 Å². The van der Waals surface area contributed by atoms with E-state index in [1.54, 1.807) is 0 Å². The SMILES string of the molecule is [CH2]C(C=O)OCC(C)C. The molecule has 9 heavy (non-hydrogen) atoms. The monoisotopic (exact) mass is 129 g/mol. The second kappa shape index (κ2) is 4.50. The molecule has 1 unspecified atom stereocenters. The molecule has 0 spiro atoms. The van der Waals surface area contributed by atoms with Crippen LogP contribution in [-0.2, 0) is 9.53 Å². The third kappa shape index (κ3) is 5.50. The first kappa shape index (κ1) is 8.63. The molecule has 0 aliphatic carbocycles. The highest BCUT2D eigenvalue weighted by molar-refractivity contribution is 5.56. The van der Waals surface area contributed by atoms with Gasteiger partial charge in [0.15, 0.2) is 0 Å². The van der Waals surface area contributed by atoms with Gasteiger partial charge in [-0.2, -0.15) is 0 Å². The summed E-state index contributed by atoms with van der Waals surface area (Å²) in [6.45, 7) is 8.09. The molecule has 2 heteroatoms. The van der Waals surface area contributed by atoms with Gasteiger partial charge in [0.25, 0.3) is 0 Å². The van der Waals surface area contributed by atoms with Gasteiger partial charge in [-0.05, 0) is 12.8 Å². The zero-order valence-corrected chi connectivity index (χ0v) is 5.96. The molecular weight excluding hydrogens is 116 g/mol. The van der Waals surface area contributed by atoms with Crippen LogP contribution in [0.3, 0.4) is 0 Å². The van der Waals surface area contributed by atoms with Gasteiger partial charge in [0.05, 0.1) is 0 Å². The average Bonchev–Trinajstić information content (AvgIpc) is 1.83. The van der Waals surface area contributed by atoms with Crippen molar-refractivity contribution in [2.24, 2.45) is 5.92 Å². The topological polar surface area (TPSA) is 26.3 Å². The van der Waals surface area contributed by atoms with E-state index in [4.69, 9.17) is 4.74 Å². The van der Waals surface area contributed by atoms with E-state index in [1.807, 2.05) is 13.8 Å². The Hall–Kier alpha value is -0.370. The molecule has 0 rings (SSSR count). The first-order valence-electron chi connectivity index (χ1n) is 3.06. The normalized spacial score (nSPS) is 13.8. The number of rotatable bonds is 4. The maximum Gasteiger partial charge on any atom is 0.148 e. The predicted molar refractivity (Wildman–Crippen MR) is 36.0 cm³/mol. The van der Waals surface area contributed by atoms with Crippen LogP contribution >= 0.6 is 0 Å². The molecule has 1 radical (unpaired) electrons. The Morgan fingerprint density at radius 3 is 2.56 bits per heavy atom. The van der Waals surface area contributed by atoms with Crippen molar-refractivity contribution < 1.29 is 9.53 Å². The largest absolute Gasteiger partial charge is 0.370 e. The minimum atomic E-state index is -0.493. The van der Waals surface area contributed by atoms with Crippen LogP contribution < -0.4 is 0 Å². The number of carbonyl (C=O) groups excluding carboxylic acids is 1. The van der Waals surface area contributed by atoms with Crippen LogP contribution in [0.1, 0.15) is 13.8 Å². The van der Waals surface area contributed by atoms with E-state index in [2.05, 4.69) is 6.92 Å². The van der Waals surface area contributed by atoms with E-state index in [0.717, 1.165) is 0 Å². The molecule has 0 saturated carbocycles. The number of ether oxygens (including phenoxy) is 1. The minimum absolute atomic E-state index is 0.467. The van der Waals surface area contributed by atoms with Crippen molar-refractivity contribution in [1.29, 1.82) is 0 Å². The lowest BCUT2D eigenvalue weighted by atomic mass is 10.2. The summed E-state index contributed by atoms with van der Waals surface area (Å²) in [4.78, 5) is 9.93. The van der Waals surface area contributed by atoms with Crippen LogP contribution in [0.25, 0.3) is 0 Å². The van der Waals surface area contributed by atoms with Gasteiger partial charge in [0, 0.05) is 6.61 Å². The van der Waals surface area contributed by atoms with Crippen LogP contribution in [-0.4, -0.2) is 19.0 Å². The van der Waals surface area contributed by atoms with Crippen LogP contribution in [0, 0.1) is 12.8 Å². The molecule has 1 atom stereocenters. The maximum absolute atomic E-state index is 9.93. The Labute approximate surface area is 56.2 Å². The van der Waals surface area contributed by atoms with Gasteiger partial charge in [-0.25, -0.2) is 0 Å². The molecule has 53 valence electrons. The number of hydrogen-bond donors (Lipinski definition) is 0. The average molecular weight is 129 g/mol. The molecule has 0 N–H and O–H groups in total. The summed E-state index contributed by atoms with van der Waals surface area (Å²) in [5.41, 5.74) is 0. The summed E-state index contributed by atoms with van der Waals surface area (Å²) in [7, 11) is 0. The van der Waals surface area contributed by atoms with Crippen molar-refractivity contribution >= 4 is 6.29 Å². The summed E-state index contributed by atoms with van der Waals surface area (Å²) in [6, 6.07) is 0. The fourth-order valence-corrected chi connectivity index (χ4v) is 0.355. The van der Waals surface area contributed by atoms with E-state index in [0.29, 0.717) is 18.8 Å². The molecular formula is C7H13O2. The molecule has 2 nitrogen and oxygen atoms in total. The second-order valence-corrected chi connectivity index (χ2v) is 2.40. The summed E-state index contributed by atoms with van der Waals surface area (Å²) in [6.07, 6.45) is 0.204. The quantitative estimate of drug-likeness (QED) is 0.530. The van der Waals surface area contributed by atoms with E-state index in [-0.39, 0.29) is 0 Å². The van der Waals surface area contributed by atoms with Gasteiger partial charge in [-0.15, -0.1) is 0 Å². The van der Waals surface area contributed by atoms with Crippen molar-refractivity contribution in [3.8, 4) is 0 Å². The van der Waals surface area contributed by atoms with Crippen molar-refractivity contribution in [2.75, 3.05) is 6.61 Å². The van der Waals surface area contributed by atoms with Crippen molar-refractivity contribution in [3.05, 3.63) is 6.92 Å². The predicted octanol–water partition coefficient (Wildman–Crippen LogP) is 1.06. The maximum atomic E-state index is 9.93. The molecule has 0 fully saturated rings. The van der Waals surface area contributed by atoms with Gasteiger partial charge < -0.3 is 9.53 Å². The Bertz CT molecular complexity index is 79.0. The van der Waals surface area contributed by atoms with Crippen LogP contribution in [0.2, 0.25) is 0 Å². The highest BCUT2D eigenvalue weighted by atomic mass is 16.5. The Morgan fingerprint density at radius 2 is 2.22 bits per heavy atom. The lowest BCUT2D eigenvalue weighted by molar-refractivity contribution is -0.116. The molecule has 0 amide bonds. The van der Waals surface area contributed by atoms with Gasteiger partial charge in [-0.1, -0.05) is 13.8 Å². The number of hydrogen-bond acceptors (Lipinski definition) is 2. The van der Waals surface area contributed by atoms with Crippen molar-refractivity contribution in [1.82, 2.24) is 0 Å². The second-order valence-electron chi connectivity index (χ2n) is 2.40. The third-order valence-corrected chi connectivity index (χ3v) is 0.795. The zero-order chi connectivity index (χ0) is 7.28. The standard InChI is InChI=1S/C7H13O2/c1-6(2)5-9-7(3)4-8/h4,6-7H,3,5H2,1-2H3. The van der Waals surface area contributed by atoms with E-state index < -0.39 is 6.10 Å². The zero-order valence-electron chi connectivity index (χ0n) is 5.96. The summed E-state index contributed by atoms with van der Waals surface area (Å²) < 4.78 is 4.97. The molecule has 0 aromatic carbocycles. The number of aldehydes is 1. The molecule has 0 saturated heterocycles. The van der Waals surface area contributed by atoms with Crippen LogP contribution in [0.5, 0.6) is 0 Å². The van der Waals surface area contributed by atoms with E-state index in [9.17, 15) is 4.79 Å². The Balaban J connectivity index is 3.16. The Kier molecular flexibility index (Phi) is 4.32. The first-order chi connectivity index (χ1) is 4.16. The van der Waals surface area contributed by atoms with Gasteiger partial charge >= 0.3 is 0 Å². The third-order valence-electron chi connectivity index (χ3n) is 0.795. The van der Waals surface area contributed by atoms with Crippen LogP contribution in [0.15, 0.2) is 0 Å². The van der Waals surface area contributed by atoms with Crippen LogP contribution in [0.4, 0.5) is 0 Å². The summed E-state index contributed by atoms with van der Waals surface area (Å²) in [5.74, 6) is 0.467. The van der Waals surface area contributed by atoms with Gasteiger partial charge in [0.1, 0.15) is 12.4 Å². The Morgan fingerprint density at radius 1 is 1.67 bits per heavy atom. The fraction of sp³-hybridized carbons (Fsp3) is 0.714. The molecule has 0 aromatic heterocycles. The highest BCUT2D eigenvalue weighted by Gasteiger charge is 1.99. The van der Waals surface area contributed by atoms with E-state index >= 15 is 0 Å². The summed E-state index contributed by atoms with van der Waals surface area (Å²) >= 11 is 0. The number of carbonyl (C=O) groups is 1. The lowest BCUT2D eigenvalue weighted by Gasteiger charge is -2.07. The fourth-order valence-electron chi connectivity index (χ4n) is 0.355. The lowest BCUT2D eigenvalue weighted by Crippen LogP contribution is -2.13. The minimum Gasteiger partial charge on any atom is -0.370 e. The first-order valence-corrected chi connectivity index (χ1v) is 3.06.